The molecule has 0 saturated carbocycles. The molecule has 0 unspecified atom stereocenters. The van der Waals surface area contributed by atoms with Gasteiger partial charge in [0.05, 0.1) is 0 Å². The Bertz CT molecular complexity index is 350. The van der Waals surface area contributed by atoms with Crippen LogP contribution in [0.1, 0.15) is 25.6 Å². The summed E-state index contributed by atoms with van der Waals surface area (Å²) in [7, 11) is 0. The minimum Gasteiger partial charge on any atom is -0.282 e. The first-order valence-electron chi connectivity index (χ1n) is 4.82. The molecule has 0 amide bonds. The summed E-state index contributed by atoms with van der Waals surface area (Å²) in [6.07, 6.45) is 0.925. The first-order valence-corrected chi connectivity index (χ1v) is 6.51. The molecule has 1 nitrogen and oxygen atoms in total. The van der Waals surface area contributed by atoms with E-state index in [4.69, 9.17) is 0 Å². The van der Waals surface area contributed by atoms with Crippen molar-refractivity contribution in [3.8, 4) is 0 Å². The van der Waals surface area contributed by atoms with E-state index in [-0.39, 0.29) is 9.86 Å². The maximum atomic E-state index is 11.6. The monoisotopic (exact) mass is 240 g/mol. The molecule has 82 valence electrons. The van der Waals surface area contributed by atoms with E-state index in [9.17, 15) is 4.79 Å². The molecular weight excluding hydrogens is 224 g/mol. The van der Waals surface area contributed by atoms with Gasteiger partial charge >= 0.3 is 0 Å². The quantitative estimate of drug-likeness (QED) is 0.742. The van der Waals surface area contributed by atoms with Gasteiger partial charge in [0.1, 0.15) is 0 Å². The number of hydrogen-bond donors (Lipinski definition) is 0. The van der Waals surface area contributed by atoms with Crippen molar-refractivity contribution in [2.45, 2.75) is 31.9 Å². The summed E-state index contributed by atoms with van der Waals surface area (Å²) in [5, 5.41) is 2.16. The zero-order valence-electron chi connectivity index (χ0n) is 9.37. The molecule has 0 spiro atoms. The third kappa shape index (κ3) is 4.22. The second kappa shape index (κ2) is 4.99. The molecule has 0 N–H and O–H groups in total. The van der Waals surface area contributed by atoms with Gasteiger partial charge in [-0.25, -0.2) is 0 Å². The summed E-state index contributed by atoms with van der Waals surface area (Å²) in [4.78, 5) is 12.9. The first-order chi connectivity index (χ1) is 6.91. The van der Waals surface area contributed by atoms with E-state index in [1.165, 1.54) is 16.6 Å². The highest BCUT2D eigenvalue weighted by atomic mass is 32.2. The Morgan fingerprint density at radius 2 is 2.27 bits per heavy atom. The van der Waals surface area contributed by atoms with E-state index in [1.54, 1.807) is 18.3 Å². The van der Waals surface area contributed by atoms with E-state index in [1.807, 2.05) is 6.07 Å². The number of thiophene rings is 1. The lowest BCUT2D eigenvalue weighted by molar-refractivity contribution is -0.107. The van der Waals surface area contributed by atoms with Crippen molar-refractivity contribution in [1.29, 1.82) is 0 Å². The molecule has 1 rings (SSSR count). The summed E-state index contributed by atoms with van der Waals surface area (Å²) in [6.45, 7) is 9.62. The van der Waals surface area contributed by atoms with Crippen LogP contribution in [0.4, 0.5) is 0 Å². The largest absolute Gasteiger partial charge is 0.282 e. The molecule has 1 aromatic rings. The second-order valence-corrected chi connectivity index (χ2v) is 6.90. The molecular formula is C12H16OS2. The number of rotatable bonds is 4. The van der Waals surface area contributed by atoms with Gasteiger partial charge in [-0.1, -0.05) is 24.4 Å². The minimum absolute atomic E-state index is 0.0547. The molecule has 0 radical (unpaired) electrons. The molecule has 0 atom stereocenters. The van der Waals surface area contributed by atoms with Crippen molar-refractivity contribution in [2.75, 3.05) is 0 Å². The number of carbonyl (C=O) groups excluding carboxylic acids is 1. The first kappa shape index (κ1) is 12.5. The lowest BCUT2D eigenvalue weighted by Gasteiger charge is -2.22. The Kier molecular flexibility index (Phi) is 4.17. The average Bonchev–Trinajstić information content (AvgIpc) is 2.54. The molecule has 0 aliphatic carbocycles. The van der Waals surface area contributed by atoms with E-state index in [0.717, 1.165) is 6.42 Å². The van der Waals surface area contributed by atoms with Gasteiger partial charge in [-0.05, 0) is 44.2 Å². The standard InChI is InChI=1S/C12H16OS2/c1-9(2)11(13)15-12(3,4)8-10-6-5-7-14-10/h5-7H,1,8H2,2-4H3. The van der Waals surface area contributed by atoms with Gasteiger partial charge in [0.25, 0.3) is 0 Å². The molecule has 0 fully saturated rings. The number of thioether (sulfide) groups is 1. The van der Waals surface area contributed by atoms with Gasteiger partial charge in [0.15, 0.2) is 0 Å². The fourth-order valence-electron chi connectivity index (χ4n) is 1.21. The zero-order chi connectivity index (χ0) is 11.5. The summed E-state index contributed by atoms with van der Waals surface area (Å²) in [5.74, 6) is 0. The predicted octanol–water partition coefficient (Wildman–Crippen LogP) is 3.91. The topological polar surface area (TPSA) is 17.1 Å². The Morgan fingerprint density at radius 1 is 1.60 bits per heavy atom. The van der Waals surface area contributed by atoms with Crippen LogP contribution in [0.2, 0.25) is 0 Å². The number of carbonyl (C=O) groups is 1. The Morgan fingerprint density at radius 3 is 2.73 bits per heavy atom. The van der Waals surface area contributed by atoms with Gasteiger partial charge in [-0.2, -0.15) is 0 Å². The van der Waals surface area contributed by atoms with Gasteiger partial charge in [0, 0.05) is 9.62 Å². The lowest BCUT2D eigenvalue weighted by Crippen LogP contribution is -2.20. The van der Waals surface area contributed by atoms with E-state index >= 15 is 0 Å². The lowest BCUT2D eigenvalue weighted by atomic mass is 10.1. The van der Waals surface area contributed by atoms with Crippen molar-refractivity contribution >= 4 is 28.2 Å². The van der Waals surface area contributed by atoms with Gasteiger partial charge in [0.2, 0.25) is 5.12 Å². The molecule has 0 saturated heterocycles. The van der Waals surface area contributed by atoms with Gasteiger partial charge in [-0.15, -0.1) is 11.3 Å². The highest BCUT2D eigenvalue weighted by molar-refractivity contribution is 8.15. The fourth-order valence-corrected chi connectivity index (χ4v) is 3.14. The van der Waals surface area contributed by atoms with Crippen LogP contribution in [0.3, 0.4) is 0 Å². The van der Waals surface area contributed by atoms with Crippen molar-refractivity contribution in [3.63, 3.8) is 0 Å². The molecule has 0 aliphatic rings. The van der Waals surface area contributed by atoms with Crippen LogP contribution in [0.15, 0.2) is 29.7 Å². The van der Waals surface area contributed by atoms with Crippen LogP contribution in [-0.4, -0.2) is 9.86 Å². The maximum absolute atomic E-state index is 11.6. The average molecular weight is 240 g/mol. The summed E-state index contributed by atoms with van der Waals surface area (Å²) in [5.41, 5.74) is 0.624. The zero-order valence-corrected chi connectivity index (χ0v) is 11.0. The Balaban J connectivity index is 2.59. The smallest absolute Gasteiger partial charge is 0.214 e. The van der Waals surface area contributed by atoms with Crippen LogP contribution in [0.25, 0.3) is 0 Å². The predicted molar refractivity (Wildman–Crippen MR) is 69.5 cm³/mol. The normalized spacial score (nSPS) is 11.4. The highest BCUT2D eigenvalue weighted by Crippen LogP contribution is 2.32. The van der Waals surface area contributed by atoms with Crippen molar-refractivity contribution in [1.82, 2.24) is 0 Å². The van der Waals surface area contributed by atoms with Crippen molar-refractivity contribution in [3.05, 3.63) is 34.5 Å². The highest BCUT2D eigenvalue weighted by Gasteiger charge is 2.23. The Labute approximate surface area is 99.6 Å². The molecule has 3 heteroatoms. The van der Waals surface area contributed by atoms with E-state index < -0.39 is 0 Å². The molecule has 1 heterocycles. The van der Waals surface area contributed by atoms with E-state index in [2.05, 4.69) is 31.9 Å². The fraction of sp³-hybridized carbons (Fsp3) is 0.417. The van der Waals surface area contributed by atoms with Crippen LogP contribution < -0.4 is 0 Å². The summed E-state index contributed by atoms with van der Waals surface area (Å²) < 4.78 is -0.0547. The third-order valence-electron chi connectivity index (χ3n) is 1.90. The second-order valence-electron chi connectivity index (χ2n) is 4.19. The summed E-state index contributed by atoms with van der Waals surface area (Å²) >= 11 is 3.11. The molecule has 1 aromatic heterocycles. The SMILES string of the molecule is C=C(C)C(=O)SC(C)(C)Cc1cccs1. The Hall–Kier alpha value is -0.540. The minimum atomic E-state index is -0.0547. The van der Waals surface area contributed by atoms with Gasteiger partial charge in [-0.3, -0.25) is 4.79 Å². The van der Waals surface area contributed by atoms with Crippen LogP contribution in [0, 0.1) is 0 Å². The van der Waals surface area contributed by atoms with Crippen LogP contribution >= 0.6 is 23.1 Å². The number of hydrogen-bond acceptors (Lipinski definition) is 3. The molecule has 15 heavy (non-hydrogen) atoms. The van der Waals surface area contributed by atoms with Crippen LogP contribution in [0.5, 0.6) is 0 Å². The molecule has 0 bridgehead atoms. The van der Waals surface area contributed by atoms with Crippen molar-refractivity contribution in [2.24, 2.45) is 0 Å². The van der Waals surface area contributed by atoms with Crippen molar-refractivity contribution < 1.29 is 4.79 Å². The molecule has 0 aromatic carbocycles. The van der Waals surface area contributed by atoms with E-state index in [0.29, 0.717) is 5.57 Å². The van der Waals surface area contributed by atoms with Gasteiger partial charge < -0.3 is 0 Å². The van der Waals surface area contributed by atoms with Crippen LogP contribution in [-0.2, 0) is 11.2 Å². The third-order valence-corrected chi connectivity index (χ3v) is 4.00. The maximum Gasteiger partial charge on any atom is 0.214 e. The summed E-state index contributed by atoms with van der Waals surface area (Å²) in [6, 6.07) is 4.15. The molecule has 0 aliphatic heterocycles.